The minimum Gasteiger partial charge on any atom is -0.380 e. The van der Waals surface area contributed by atoms with E-state index in [1.807, 2.05) is 6.92 Å². The summed E-state index contributed by atoms with van der Waals surface area (Å²) in [6, 6.07) is 10.9. The predicted molar refractivity (Wildman–Crippen MR) is 125 cm³/mol. The Bertz CT molecular complexity index is 1200. The van der Waals surface area contributed by atoms with Crippen LogP contribution >= 0.6 is 11.3 Å². The van der Waals surface area contributed by atoms with E-state index in [2.05, 4.69) is 5.32 Å². The summed E-state index contributed by atoms with van der Waals surface area (Å²) in [5, 5.41) is 3.33. The number of fused-ring (bicyclic) bond motifs is 1. The van der Waals surface area contributed by atoms with Crippen molar-refractivity contribution in [2.45, 2.75) is 38.3 Å². The highest BCUT2D eigenvalue weighted by Crippen LogP contribution is 2.34. The van der Waals surface area contributed by atoms with Crippen molar-refractivity contribution in [3.63, 3.8) is 0 Å². The molecule has 172 valence electrons. The maximum atomic E-state index is 14.4. The molecule has 1 N–H and O–H groups in total. The van der Waals surface area contributed by atoms with Crippen LogP contribution in [-0.2, 0) is 21.4 Å². The molecule has 1 aromatic heterocycles. The lowest BCUT2D eigenvalue weighted by molar-refractivity contribution is 0.0939. The fourth-order valence-corrected chi connectivity index (χ4v) is 6.20. The van der Waals surface area contributed by atoms with Crippen LogP contribution in [0.25, 0.3) is 10.1 Å². The van der Waals surface area contributed by atoms with E-state index in [4.69, 9.17) is 4.74 Å². The van der Waals surface area contributed by atoms with E-state index >= 15 is 0 Å². The Morgan fingerprint density at radius 2 is 1.81 bits per heavy atom. The first-order valence-corrected chi connectivity index (χ1v) is 12.6. The molecule has 0 aliphatic carbocycles. The van der Waals surface area contributed by atoms with Crippen LogP contribution < -0.4 is 5.32 Å². The highest BCUT2D eigenvalue weighted by Gasteiger charge is 2.24. The first-order chi connectivity index (χ1) is 15.2. The maximum Gasteiger partial charge on any atom is 0.262 e. The summed E-state index contributed by atoms with van der Waals surface area (Å²) in [7, 11) is -2.04. The molecule has 0 saturated carbocycles. The number of amides is 1. The van der Waals surface area contributed by atoms with Gasteiger partial charge in [-0.05, 0) is 36.8 Å². The fourth-order valence-electron chi connectivity index (χ4n) is 3.62. The number of carbonyl (C=O) groups excluding carboxylic acids is 1. The number of halogens is 1. The van der Waals surface area contributed by atoms with Crippen molar-refractivity contribution in [2.75, 3.05) is 20.2 Å². The van der Waals surface area contributed by atoms with Crippen LogP contribution in [0.5, 0.6) is 0 Å². The number of nitrogens with one attached hydrogen (secondary N) is 1. The molecule has 0 aliphatic rings. The number of sulfonamides is 1. The van der Waals surface area contributed by atoms with Gasteiger partial charge in [-0.25, -0.2) is 12.8 Å². The van der Waals surface area contributed by atoms with Crippen molar-refractivity contribution in [1.29, 1.82) is 0 Å². The summed E-state index contributed by atoms with van der Waals surface area (Å²) in [5.41, 5.74) is 1.29. The average molecular weight is 479 g/mol. The van der Waals surface area contributed by atoms with Crippen molar-refractivity contribution in [3.8, 4) is 0 Å². The molecule has 3 rings (SSSR count). The third-order valence-corrected chi connectivity index (χ3v) is 8.59. The molecule has 1 unspecified atom stereocenters. The number of methoxy groups -OCH3 is 1. The monoisotopic (exact) mass is 478 g/mol. The molecule has 1 amide bonds. The summed E-state index contributed by atoms with van der Waals surface area (Å²) in [6.07, 6.45) is 0. The number of thiophene rings is 1. The Morgan fingerprint density at radius 3 is 2.41 bits per heavy atom. The molecule has 0 bridgehead atoms. The second-order valence-corrected chi connectivity index (χ2v) is 10.3. The Balaban J connectivity index is 1.84. The summed E-state index contributed by atoms with van der Waals surface area (Å²) >= 11 is 1.22. The van der Waals surface area contributed by atoms with E-state index < -0.39 is 10.0 Å². The van der Waals surface area contributed by atoms with Crippen molar-refractivity contribution in [1.82, 2.24) is 9.62 Å². The third kappa shape index (κ3) is 4.71. The van der Waals surface area contributed by atoms with Crippen LogP contribution in [0.15, 0.2) is 47.4 Å². The molecular formula is C23H27FN2O4S2. The van der Waals surface area contributed by atoms with Crippen LogP contribution in [0.4, 0.5) is 4.39 Å². The molecule has 0 fully saturated rings. The molecule has 2 aromatic carbocycles. The zero-order chi connectivity index (χ0) is 23.5. The second kappa shape index (κ2) is 10.1. The largest absolute Gasteiger partial charge is 0.380 e. The number of benzene rings is 2. The average Bonchev–Trinajstić information content (AvgIpc) is 3.14. The molecule has 0 aliphatic heterocycles. The van der Waals surface area contributed by atoms with Crippen LogP contribution in [0.1, 0.15) is 47.6 Å². The van der Waals surface area contributed by atoms with Gasteiger partial charge in [-0.2, -0.15) is 4.31 Å². The van der Waals surface area contributed by atoms with E-state index in [1.54, 1.807) is 50.2 Å². The van der Waals surface area contributed by atoms with Crippen LogP contribution in [0, 0.1) is 5.82 Å². The lowest BCUT2D eigenvalue weighted by atomic mass is 10.1. The molecule has 32 heavy (non-hydrogen) atoms. The van der Waals surface area contributed by atoms with Gasteiger partial charge in [0.2, 0.25) is 10.0 Å². The normalized spacial score (nSPS) is 12.9. The van der Waals surface area contributed by atoms with Crippen molar-refractivity contribution in [2.24, 2.45) is 0 Å². The number of nitrogens with zero attached hydrogens (tertiary/aromatic N) is 1. The Kier molecular flexibility index (Phi) is 7.66. The summed E-state index contributed by atoms with van der Waals surface area (Å²) in [6.45, 7) is 6.32. The third-order valence-electron chi connectivity index (χ3n) is 5.33. The SMILES string of the molecule is CCN(CC)S(=O)(=O)c1ccc(C(C)NC(=O)c2sc3cccc(F)c3c2COC)cc1. The van der Waals surface area contributed by atoms with Gasteiger partial charge in [0.1, 0.15) is 5.82 Å². The predicted octanol–water partition coefficient (Wildman–Crippen LogP) is 4.71. The Hall–Kier alpha value is -2.33. The number of carbonyl (C=O) groups is 1. The molecule has 3 aromatic rings. The molecule has 0 radical (unpaired) electrons. The second-order valence-electron chi connectivity index (χ2n) is 7.31. The Morgan fingerprint density at radius 1 is 1.16 bits per heavy atom. The van der Waals surface area contributed by atoms with E-state index in [0.29, 0.717) is 33.6 Å². The lowest BCUT2D eigenvalue weighted by Gasteiger charge is -2.19. The van der Waals surface area contributed by atoms with Gasteiger partial charge in [0.05, 0.1) is 22.4 Å². The van der Waals surface area contributed by atoms with Gasteiger partial charge in [-0.15, -0.1) is 11.3 Å². The first-order valence-electron chi connectivity index (χ1n) is 10.3. The van der Waals surface area contributed by atoms with Gasteiger partial charge in [-0.1, -0.05) is 32.0 Å². The van der Waals surface area contributed by atoms with Gasteiger partial charge < -0.3 is 10.1 Å². The number of rotatable bonds is 9. The van der Waals surface area contributed by atoms with E-state index in [9.17, 15) is 17.6 Å². The first kappa shape index (κ1) is 24.3. The summed E-state index contributed by atoms with van der Waals surface area (Å²) in [5.74, 6) is -0.715. The van der Waals surface area contributed by atoms with Crippen molar-refractivity contribution in [3.05, 3.63) is 64.3 Å². The molecule has 0 spiro atoms. The van der Waals surface area contributed by atoms with Crippen LogP contribution in [0.3, 0.4) is 0 Å². The number of hydrogen-bond acceptors (Lipinski definition) is 5. The summed E-state index contributed by atoms with van der Waals surface area (Å²) in [4.78, 5) is 13.6. The van der Waals surface area contributed by atoms with Crippen molar-refractivity contribution >= 4 is 37.4 Å². The molecule has 6 nitrogen and oxygen atoms in total. The van der Waals surface area contributed by atoms with E-state index in [0.717, 1.165) is 5.56 Å². The van der Waals surface area contributed by atoms with Gasteiger partial charge in [-0.3, -0.25) is 4.79 Å². The van der Waals surface area contributed by atoms with Gasteiger partial charge in [0, 0.05) is 35.8 Å². The summed E-state index contributed by atoms with van der Waals surface area (Å²) < 4.78 is 47.0. The standard InChI is InChI=1S/C23H27FN2O4S2/c1-5-26(6-2)32(28,29)17-12-10-16(11-13-17)15(3)25-23(27)22-18(14-30-4)21-19(24)8-7-9-20(21)31-22/h7-13,15H,5-6,14H2,1-4H3,(H,25,27). The Labute approximate surface area is 192 Å². The topological polar surface area (TPSA) is 75.7 Å². The lowest BCUT2D eigenvalue weighted by Crippen LogP contribution is -2.30. The quantitative estimate of drug-likeness (QED) is 0.483. The van der Waals surface area contributed by atoms with Gasteiger partial charge in [0.15, 0.2) is 0 Å². The molecule has 1 atom stereocenters. The van der Waals surface area contributed by atoms with Crippen molar-refractivity contribution < 1.29 is 22.3 Å². The molecule has 0 saturated heterocycles. The molecule has 1 heterocycles. The molecule has 9 heteroatoms. The van der Waals surface area contributed by atoms with Crippen LogP contribution in [-0.4, -0.2) is 38.8 Å². The number of hydrogen-bond donors (Lipinski definition) is 1. The smallest absolute Gasteiger partial charge is 0.262 e. The zero-order valence-electron chi connectivity index (χ0n) is 18.5. The highest BCUT2D eigenvalue weighted by atomic mass is 32.2. The van der Waals surface area contributed by atoms with Gasteiger partial charge in [0.25, 0.3) is 5.91 Å². The maximum absolute atomic E-state index is 14.4. The number of ether oxygens (including phenoxy) is 1. The zero-order valence-corrected chi connectivity index (χ0v) is 20.1. The highest BCUT2D eigenvalue weighted by molar-refractivity contribution is 7.89. The fraction of sp³-hybridized carbons (Fsp3) is 0.348. The minimum absolute atomic E-state index is 0.121. The van der Waals surface area contributed by atoms with Gasteiger partial charge >= 0.3 is 0 Å². The molecular weight excluding hydrogens is 451 g/mol. The van der Waals surface area contributed by atoms with E-state index in [1.165, 1.54) is 28.8 Å². The van der Waals surface area contributed by atoms with Crippen LogP contribution in [0.2, 0.25) is 0 Å². The minimum atomic E-state index is -3.54. The van der Waals surface area contributed by atoms with E-state index in [-0.39, 0.29) is 29.3 Å².